The predicted molar refractivity (Wildman–Crippen MR) is 272 cm³/mol. The number of benzene rings is 2. The number of hydrogen-bond acceptors (Lipinski definition) is 12. The maximum atomic E-state index is 13.1. The lowest BCUT2D eigenvalue weighted by Crippen LogP contribution is -2.71. The second-order valence-corrected chi connectivity index (χ2v) is 27.0. The van der Waals surface area contributed by atoms with Crippen LogP contribution in [0.15, 0.2) is 34.9 Å². The van der Waals surface area contributed by atoms with Gasteiger partial charge in [0.25, 0.3) is 0 Å². The number of phenols is 2. The number of allylic oxidation sites excluding steroid dienone is 2. The Balaban J connectivity index is 0.852. The molecule has 0 radical (unpaired) electrons. The largest absolute Gasteiger partial charge is 0.507 e. The van der Waals surface area contributed by atoms with Crippen molar-refractivity contribution in [2.45, 2.75) is 198 Å². The fraction of sp³-hybridized carbons (Fsp3) is 0.738. The number of carboxylic acids is 1. The first-order valence-corrected chi connectivity index (χ1v) is 29.0. The van der Waals surface area contributed by atoms with Crippen molar-refractivity contribution >= 4 is 22.5 Å². The zero-order valence-corrected chi connectivity index (χ0v) is 43.4. The number of fused-ring (bicyclic) bond motifs is 5. The molecule has 0 amide bonds. The molecule has 13 heteroatoms. The van der Waals surface area contributed by atoms with E-state index in [0.717, 1.165) is 43.8 Å². The molecule has 7 saturated carbocycles. The highest BCUT2D eigenvalue weighted by Gasteiger charge is 2.73. The van der Waals surface area contributed by atoms with Gasteiger partial charge in [-0.3, -0.25) is 4.79 Å². The van der Waals surface area contributed by atoms with Crippen LogP contribution in [0.5, 0.6) is 17.2 Å². The SMILES string of the molecule is CC(=O)c1c(C)c(O)c2cc(C(=O)O)cc(O[C@@H]3O[C@@H]4[C@@H](O)CC[C@H]5O[C@@]4(C[C@@H]4C6=C5CC=C6[C@]5(CCCO)COC[C@@H]6C[C@@]7(CC[C@@]8(CC[C@@H]9CCC[C@H]%10CCC[C@]%10%11CC[C@@]98C%11)C7)C[C@H]4[C@H]65)[C@H](O)[C@H]3O)c2c1O. The van der Waals surface area contributed by atoms with Gasteiger partial charge in [0.2, 0.25) is 6.29 Å². The summed E-state index contributed by atoms with van der Waals surface area (Å²) in [5, 5.41) is 81.5. The van der Waals surface area contributed by atoms with Gasteiger partial charge in [-0.2, -0.15) is 0 Å². The highest BCUT2D eigenvalue weighted by molar-refractivity contribution is 6.11. The van der Waals surface area contributed by atoms with E-state index < -0.39 is 65.7 Å². The van der Waals surface area contributed by atoms with Gasteiger partial charge in [0.05, 0.1) is 35.3 Å². The molecule has 13 nitrogen and oxygen atoms in total. The lowest BCUT2D eigenvalue weighted by atomic mass is 9.42. The number of aliphatic hydroxyl groups is 4. The first-order chi connectivity index (χ1) is 35.5. The number of carboxylic acid groups (broad SMARTS) is 1. The fourth-order valence-electron chi connectivity index (χ4n) is 21.8. The second-order valence-electron chi connectivity index (χ2n) is 27.0. The van der Waals surface area contributed by atoms with Crippen molar-refractivity contribution in [2.24, 2.45) is 62.6 Å². The van der Waals surface area contributed by atoms with Crippen molar-refractivity contribution in [3.8, 4) is 17.2 Å². The van der Waals surface area contributed by atoms with Crippen molar-refractivity contribution in [2.75, 3.05) is 19.8 Å². The van der Waals surface area contributed by atoms with Gasteiger partial charge < -0.3 is 54.7 Å². The summed E-state index contributed by atoms with van der Waals surface area (Å²) < 4.78 is 27.5. The van der Waals surface area contributed by atoms with Gasteiger partial charge >= 0.3 is 5.97 Å². The van der Waals surface area contributed by atoms with Gasteiger partial charge in [-0.1, -0.05) is 18.9 Å². The third-order valence-corrected chi connectivity index (χ3v) is 24.3. The van der Waals surface area contributed by atoms with Gasteiger partial charge in [-0.25, -0.2) is 4.79 Å². The van der Waals surface area contributed by atoms with Crippen molar-refractivity contribution in [1.82, 2.24) is 0 Å². The summed E-state index contributed by atoms with van der Waals surface area (Å²) in [5.41, 5.74) is 3.08. The first-order valence-electron chi connectivity index (χ1n) is 29.0. The molecule has 2 aromatic rings. The van der Waals surface area contributed by atoms with Crippen LogP contribution in [0, 0.1) is 69.5 Å². The molecule has 2 aromatic carbocycles. The second kappa shape index (κ2) is 16.7. The van der Waals surface area contributed by atoms with Gasteiger partial charge in [0, 0.05) is 29.6 Å². The molecule has 4 heterocycles. The Bertz CT molecular complexity index is 2780. The van der Waals surface area contributed by atoms with Crippen LogP contribution in [-0.2, 0) is 14.2 Å². The molecule has 7 N–H and O–H groups in total. The van der Waals surface area contributed by atoms with Crippen molar-refractivity contribution in [1.29, 1.82) is 0 Å². The summed E-state index contributed by atoms with van der Waals surface area (Å²) in [6.45, 7) is 4.14. The third-order valence-electron chi connectivity index (χ3n) is 24.3. The van der Waals surface area contributed by atoms with Crippen molar-refractivity contribution in [3.63, 3.8) is 0 Å². The maximum Gasteiger partial charge on any atom is 0.335 e. The van der Waals surface area contributed by atoms with E-state index in [9.17, 15) is 45.3 Å². The van der Waals surface area contributed by atoms with Gasteiger partial charge in [-0.05, 0) is 228 Å². The van der Waals surface area contributed by atoms with E-state index in [2.05, 4.69) is 6.08 Å². The third kappa shape index (κ3) is 6.41. The highest BCUT2D eigenvalue weighted by Crippen LogP contribution is 2.81. The molecule has 4 aliphatic heterocycles. The first kappa shape index (κ1) is 48.8. The van der Waals surface area contributed by atoms with Gasteiger partial charge in [-0.15, -0.1) is 0 Å². The molecule has 14 rings (SSSR count). The minimum atomic E-state index is -1.78. The number of rotatable bonds is 7. The van der Waals surface area contributed by atoms with Crippen LogP contribution in [0.2, 0.25) is 0 Å². The number of ketones is 1. The number of aromatic hydroxyl groups is 2. The van der Waals surface area contributed by atoms with Crippen LogP contribution in [0.4, 0.5) is 0 Å². The van der Waals surface area contributed by atoms with Crippen LogP contribution >= 0.6 is 0 Å². The molecule has 4 bridgehead atoms. The standard InChI is InChI=1S/C61H78O13/c1-31-45(32(2)63)50(66)47-38(49(31)65)22-33(54(69)70)23-44(47)72-55-51(67)52(68)61-26-39-40-25-56(17-19-58(28-56)16-13-36-7-3-6-35-8-4-14-57(35)18-20-60(36,58)29-57)24-34-27-71-30-59(48(34)40,15-5-21-62)41-10-9-37(46(39)41)43(74-61)12-11-42(64)53(61)73-55/h10,22-23,34-36,39-40,42-43,48,51-53,55,62,64-68H,3-9,11-21,24-30H2,1-2H3,(H,69,70)/t34-,35-,36-,39-,40+,42-,43+,48-,51+,52+,53+,55+,56-,57+,58-,59-,60+,61-/m0/s1. The fourth-order valence-corrected chi connectivity index (χ4v) is 21.8. The van der Waals surface area contributed by atoms with E-state index in [1.165, 1.54) is 127 Å². The monoisotopic (exact) mass is 1020 g/mol. The average molecular weight is 1020 g/mol. The Kier molecular flexibility index (Phi) is 11.0. The molecule has 3 saturated heterocycles. The molecule has 18 atom stereocenters. The Morgan fingerprint density at radius 1 is 0.878 bits per heavy atom. The number of ether oxygens (including phenoxy) is 4. The molecule has 0 aromatic heterocycles. The molecule has 12 aliphatic rings. The summed E-state index contributed by atoms with van der Waals surface area (Å²) in [7, 11) is 0. The Labute approximate surface area is 434 Å². The normalized spacial score (nSPS) is 46.5. The number of hydrogen-bond donors (Lipinski definition) is 7. The Morgan fingerprint density at radius 3 is 2.51 bits per heavy atom. The minimum absolute atomic E-state index is 0.0647. The molecule has 8 aliphatic carbocycles. The van der Waals surface area contributed by atoms with Crippen molar-refractivity contribution in [3.05, 3.63) is 51.6 Å². The van der Waals surface area contributed by atoms with Gasteiger partial charge in [0.15, 0.2) is 5.78 Å². The molecular weight excluding hydrogens is 941 g/mol. The number of carbonyl (C=O) groups is 2. The average Bonchev–Trinajstić information content (AvgIpc) is 4.21. The van der Waals surface area contributed by atoms with Crippen LogP contribution in [0.3, 0.4) is 0 Å². The van der Waals surface area contributed by atoms with E-state index in [1.54, 1.807) is 0 Å². The van der Waals surface area contributed by atoms with E-state index in [-0.39, 0.29) is 74.8 Å². The number of phenolic OH excluding ortho intramolecular Hbond substituents is 2. The molecule has 74 heavy (non-hydrogen) atoms. The zero-order valence-electron chi connectivity index (χ0n) is 43.4. The lowest BCUT2D eigenvalue weighted by molar-refractivity contribution is -0.336. The zero-order chi connectivity index (χ0) is 51.1. The Morgan fingerprint density at radius 2 is 1.70 bits per heavy atom. The number of Topliss-reactive ketones (excluding diaryl/α,β-unsaturated/α-hetero) is 1. The van der Waals surface area contributed by atoms with Crippen LogP contribution in [0.1, 0.15) is 174 Å². The summed E-state index contributed by atoms with van der Waals surface area (Å²) in [5.74, 6) is -0.650. The summed E-state index contributed by atoms with van der Waals surface area (Å²) in [6.07, 6.45) is 19.4. The maximum absolute atomic E-state index is 13.1. The smallest absolute Gasteiger partial charge is 0.335 e. The van der Waals surface area contributed by atoms with E-state index in [4.69, 9.17) is 18.9 Å². The number of aliphatic hydroxyl groups excluding tert-OH is 4. The van der Waals surface area contributed by atoms with Crippen molar-refractivity contribution < 1.29 is 64.3 Å². The molecule has 0 unspecified atom stereocenters. The number of aromatic carboxylic acids is 1. The summed E-state index contributed by atoms with van der Waals surface area (Å²) in [6, 6.07) is 2.32. The predicted octanol–water partition coefficient (Wildman–Crippen LogP) is 9.36. The lowest BCUT2D eigenvalue weighted by Gasteiger charge is -2.64. The Hall–Kier alpha value is -3.56. The quantitative estimate of drug-likeness (QED) is 0.102. The van der Waals surface area contributed by atoms with Crippen LogP contribution in [-0.4, -0.2) is 110 Å². The molecule has 5 spiro atoms. The summed E-state index contributed by atoms with van der Waals surface area (Å²) >= 11 is 0. The summed E-state index contributed by atoms with van der Waals surface area (Å²) in [4.78, 5) is 25.4. The van der Waals surface area contributed by atoms with E-state index in [1.807, 2.05) is 0 Å². The van der Waals surface area contributed by atoms with E-state index >= 15 is 0 Å². The van der Waals surface area contributed by atoms with Crippen LogP contribution in [0.25, 0.3) is 10.8 Å². The minimum Gasteiger partial charge on any atom is -0.507 e. The molecule has 10 fully saturated rings. The molecular formula is C61H78O13. The molecule has 400 valence electrons. The van der Waals surface area contributed by atoms with E-state index in [0.29, 0.717) is 54.5 Å². The van der Waals surface area contributed by atoms with Crippen LogP contribution < -0.4 is 4.74 Å². The topological polar surface area (TPSA) is 213 Å². The highest BCUT2D eigenvalue weighted by atomic mass is 16.7. The number of carbonyl (C=O) groups excluding carboxylic acids is 1. The van der Waals surface area contributed by atoms with Gasteiger partial charge in [0.1, 0.15) is 41.2 Å².